The zero-order valence-electron chi connectivity index (χ0n) is 12.3. The van der Waals surface area contributed by atoms with Crippen molar-refractivity contribution in [1.82, 2.24) is 4.57 Å². The molecule has 2 aromatic rings. The maximum absolute atomic E-state index is 13.6. The number of ether oxygens (including phenoxy) is 2. The van der Waals surface area contributed by atoms with Gasteiger partial charge in [-0.05, 0) is 42.5 Å². The highest BCUT2D eigenvalue weighted by atomic mass is 19.1. The van der Waals surface area contributed by atoms with Gasteiger partial charge in [-0.3, -0.25) is 0 Å². The molecule has 4 rings (SSSR count). The molecule has 2 aliphatic rings. The van der Waals surface area contributed by atoms with Crippen molar-refractivity contribution in [2.45, 2.75) is 37.4 Å². The van der Waals surface area contributed by atoms with E-state index in [2.05, 4.69) is 10.8 Å². The lowest BCUT2D eigenvalue weighted by molar-refractivity contribution is -0.178. The van der Waals surface area contributed by atoms with Crippen LogP contribution >= 0.6 is 0 Å². The molecule has 1 saturated heterocycles. The third-order valence-electron chi connectivity index (χ3n) is 4.98. The summed E-state index contributed by atoms with van der Waals surface area (Å²) >= 11 is 0. The van der Waals surface area contributed by atoms with Gasteiger partial charge in [0.25, 0.3) is 0 Å². The minimum absolute atomic E-state index is 0.162. The van der Waals surface area contributed by atoms with Crippen molar-refractivity contribution in [1.29, 1.82) is 0 Å². The van der Waals surface area contributed by atoms with Gasteiger partial charge in [0.05, 0.1) is 13.2 Å². The molecule has 0 N–H and O–H groups in total. The molecule has 1 aliphatic carbocycles. The summed E-state index contributed by atoms with van der Waals surface area (Å²) in [5.74, 6) is -0.0228. The molecule has 1 aliphatic heterocycles. The number of nitrogens with zero attached hydrogens (tertiary/aromatic N) is 1. The van der Waals surface area contributed by atoms with Gasteiger partial charge >= 0.3 is 0 Å². The lowest BCUT2D eigenvalue weighted by atomic mass is 9.81. The molecule has 0 bridgehead atoms. The van der Waals surface area contributed by atoms with Crippen LogP contribution in [0.5, 0.6) is 0 Å². The van der Waals surface area contributed by atoms with Gasteiger partial charge in [-0.1, -0.05) is 0 Å². The van der Waals surface area contributed by atoms with Crippen molar-refractivity contribution in [2.75, 3.05) is 13.2 Å². The molecule has 1 aromatic heterocycles. The summed E-state index contributed by atoms with van der Waals surface area (Å²) in [6.07, 6.45) is 6.10. The molecule has 3 nitrogen and oxygen atoms in total. The SMILES string of the molecule is Cn1cc(C2CCC3(CC2)OCCO3)c2cc(F)ccc21. The van der Waals surface area contributed by atoms with Gasteiger partial charge in [-0.2, -0.15) is 0 Å². The zero-order valence-corrected chi connectivity index (χ0v) is 12.3. The van der Waals surface area contributed by atoms with Crippen LogP contribution in [0.15, 0.2) is 24.4 Å². The summed E-state index contributed by atoms with van der Waals surface area (Å²) in [4.78, 5) is 0. The largest absolute Gasteiger partial charge is 0.350 e. The number of rotatable bonds is 1. The highest BCUT2D eigenvalue weighted by molar-refractivity contribution is 5.84. The third-order valence-corrected chi connectivity index (χ3v) is 4.98. The van der Waals surface area contributed by atoms with Crippen LogP contribution in [-0.2, 0) is 16.5 Å². The predicted octanol–water partition coefficient (Wildman–Crippen LogP) is 3.72. The Morgan fingerprint density at radius 1 is 1.19 bits per heavy atom. The number of halogens is 1. The molecule has 0 atom stereocenters. The fourth-order valence-corrected chi connectivity index (χ4v) is 3.87. The van der Waals surface area contributed by atoms with E-state index in [0.717, 1.165) is 36.6 Å². The smallest absolute Gasteiger partial charge is 0.168 e. The number of aryl methyl sites for hydroxylation is 1. The molecule has 2 fully saturated rings. The summed E-state index contributed by atoms with van der Waals surface area (Å²) in [6, 6.07) is 5.06. The minimum Gasteiger partial charge on any atom is -0.350 e. The first-order chi connectivity index (χ1) is 10.2. The normalized spacial score (nSPS) is 22.4. The summed E-state index contributed by atoms with van der Waals surface area (Å²) in [7, 11) is 2.03. The Labute approximate surface area is 123 Å². The van der Waals surface area contributed by atoms with E-state index in [4.69, 9.17) is 9.47 Å². The number of hydrogen-bond acceptors (Lipinski definition) is 2. The van der Waals surface area contributed by atoms with Crippen molar-refractivity contribution in [3.05, 3.63) is 35.8 Å². The van der Waals surface area contributed by atoms with Crippen LogP contribution < -0.4 is 0 Å². The van der Waals surface area contributed by atoms with Crippen LogP contribution in [0.25, 0.3) is 10.9 Å². The average Bonchev–Trinajstić information content (AvgIpc) is 3.06. The number of hydrogen-bond donors (Lipinski definition) is 0. The predicted molar refractivity (Wildman–Crippen MR) is 78.7 cm³/mol. The Morgan fingerprint density at radius 3 is 2.62 bits per heavy atom. The van der Waals surface area contributed by atoms with E-state index in [1.165, 1.54) is 11.6 Å². The zero-order chi connectivity index (χ0) is 14.4. The van der Waals surface area contributed by atoms with Gasteiger partial charge in [-0.25, -0.2) is 4.39 Å². The fourth-order valence-electron chi connectivity index (χ4n) is 3.87. The van der Waals surface area contributed by atoms with Crippen LogP contribution in [0.3, 0.4) is 0 Å². The Kier molecular flexibility index (Phi) is 3.05. The van der Waals surface area contributed by atoms with E-state index >= 15 is 0 Å². The van der Waals surface area contributed by atoms with E-state index in [-0.39, 0.29) is 11.6 Å². The van der Waals surface area contributed by atoms with Crippen LogP contribution in [0.4, 0.5) is 4.39 Å². The van der Waals surface area contributed by atoms with E-state index in [1.54, 1.807) is 6.07 Å². The Hall–Kier alpha value is -1.39. The number of benzene rings is 1. The van der Waals surface area contributed by atoms with Gasteiger partial charge < -0.3 is 14.0 Å². The molecule has 0 amide bonds. The van der Waals surface area contributed by atoms with E-state index in [1.807, 2.05) is 13.1 Å². The standard InChI is InChI=1S/C17H20FNO2/c1-19-11-15(14-10-13(18)2-3-16(14)19)12-4-6-17(7-5-12)20-8-9-21-17/h2-3,10-12H,4-9H2,1H3. The highest BCUT2D eigenvalue weighted by Gasteiger charge is 2.40. The molecule has 21 heavy (non-hydrogen) atoms. The third kappa shape index (κ3) is 2.17. The molecular formula is C17H20FNO2. The van der Waals surface area contributed by atoms with Crippen molar-refractivity contribution in [3.63, 3.8) is 0 Å². The molecule has 2 heterocycles. The fraction of sp³-hybridized carbons (Fsp3) is 0.529. The summed E-state index contributed by atoms with van der Waals surface area (Å²) in [5, 5.41) is 1.05. The van der Waals surface area contributed by atoms with Crippen LogP contribution in [0, 0.1) is 5.82 Å². The summed E-state index contributed by atoms with van der Waals surface area (Å²) in [5.41, 5.74) is 2.36. The molecule has 0 unspecified atom stereocenters. The quantitative estimate of drug-likeness (QED) is 0.799. The van der Waals surface area contributed by atoms with Crippen molar-refractivity contribution >= 4 is 10.9 Å². The number of aromatic nitrogens is 1. The lowest BCUT2D eigenvalue weighted by Gasteiger charge is -2.35. The Bertz CT molecular complexity index is 663. The Morgan fingerprint density at radius 2 is 1.90 bits per heavy atom. The van der Waals surface area contributed by atoms with E-state index in [0.29, 0.717) is 19.1 Å². The van der Waals surface area contributed by atoms with Crippen LogP contribution in [0.1, 0.15) is 37.2 Å². The highest BCUT2D eigenvalue weighted by Crippen LogP contribution is 2.44. The van der Waals surface area contributed by atoms with Gasteiger partial charge in [-0.15, -0.1) is 0 Å². The van der Waals surface area contributed by atoms with Gasteiger partial charge in [0.2, 0.25) is 0 Å². The molecule has 1 spiro atoms. The van der Waals surface area contributed by atoms with E-state index < -0.39 is 0 Å². The second kappa shape index (κ2) is 4.82. The first-order valence-corrected chi connectivity index (χ1v) is 7.69. The minimum atomic E-state index is -0.327. The van der Waals surface area contributed by atoms with Gasteiger partial charge in [0.1, 0.15) is 5.82 Å². The second-order valence-electron chi connectivity index (χ2n) is 6.24. The second-order valence-corrected chi connectivity index (χ2v) is 6.24. The average molecular weight is 289 g/mol. The molecule has 4 heteroatoms. The molecule has 112 valence electrons. The Balaban J connectivity index is 1.64. The first kappa shape index (κ1) is 13.3. The van der Waals surface area contributed by atoms with Crippen molar-refractivity contribution in [2.24, 2.45) is 7.05 Å². The van der Waals surface area contributed by atoms with Gasteiger partial charge in [0.15, 0.2) is 5.79 Å². The van der Waals surface area contributed by atoms with Crippen LogP contribution in [0.2, 0.25) is 0 Å². The molecule has 1 saturated carbocycles. The summed E-state index contributed by atoms with van der Waals surface area (Å²) in [6.45, 7) is 1.42. The van der Waals surface area contributed by atoms with Gasteiger partial charge in [0, 0.05) is 37.0 Å². The topological polar surface area (TPSA) is 23.4 Å². The van der Waals surface area contributed by atoms with Crippen molar-refractivity contribution < 1.29 is 13.9 Å². The molecule has 0 radical (unpaired) electrons. The van der Waals surface area contributed by atoms with Crippen molar-refractivity contribution in [3.8, 4) is 0 Å². The monoisotopic (exact) mass is 289 g/mol. The summed E-state index contributed by atoms with van der Waals surface area (Å²) < 4.78 is 27.3. The maximum Gasteiger partial charge on any atom is 0.168 e. The molecular weight excluding hydrogens is 269 g/mol. The van der Waals surface area contributed by atoms with Crippen LogP contribution in [-0.4, -0.2) is 23.6 Å². The maximum atomic E-state index is 13.6. The number of fused-ring (bicyclic) bond motifs is 1. The first-order valence-electron chi connectivity index (χ1n) is 7.69. The van der Waals surface area contributed by atoms with E-state index in [9.17, 15) is 4.39 Å². The lowest BCUT2D eigenvalue weighted by Crippen LogP contribution is -2.34. The molecule has 1 aromatic carbocycles.